The molecule has 1 aliphatic rings. The quantitative estimate of drug-likeness (QED) is 0.152. The lowest BCUT2D eigenvalue weighted by molar-refractivity contribution is -0.151. The number of methoxy groups -OCH3 is 1. The lowest BCUT2D eigenvalue weighted by Gasteiger charge is -2.29. The van der Waals surface area contributed by atoms with Crippen LogP contribution in [0, 0.1) is 5.41 Å². The second-order valence-electron chi connectivity index (χ2n) is 10.1. The molecule has 0 spiro atoms. The van der Waals surface area contributed by atoms with Crippen LogP contribution in [0.2, 0.25) is 0 Å². The number of nitrogens with one attached hydrogen (secondary N) is 1. The number of aliphatic hydroxyl groups is 4. The lowest BCUT2D eigenvalue weighted by atomic mass is 9.94. The summed E-state index contributed by atoms with van der Waals surface area (Å²) in [5.41, 5.74) is 5.26. The number of rotatable bonds is 13. The number of nitrogens with two attached hydrogens (primary N) is 1. The summed E-state index contributed by atoms with van der Waals surface area (Å²) in [5, 5.41) is 43.8. The predicted molar refractivity (Wildman–Crippen MR) is 129 cm³/mol. The second kappa shape index (κ2) is 14.8. The molecule has 2 amide bonds. The topological polar surface area (TPSA) is 166 Å². The molecule has 0 aromatic carbocycles. The first-order valence-corrected chi connectivity index (χ1v) is 12.1. The number of hydrogen-bond donors (Lipinski definition) is 6. The Morgan fingerprint density at radius 2 is 1.82 bits per heavy atom. The molecule has 0 bridgehead atoms. The SMILES string of the molecule is CO[C@@H](C(=O)N[C@H]1CC[C@@H](O)CN(CCCCCCN)C1=O)[C@H](O)[C@@H](O)[C@H](O)C=CC(C)(C)C. The van der Waals surface area contributed by atoms with Crippen LogP contribution < -0.4 is 11.1 Å². The van der Waals surface area contributed by atoms with Crippen LogP contribution in [0.15, 0.2) is 12.2 Å². The molecular weight excluding hydrogens is 442 g/mol. The number of likely N-dealkylation sites (tertiary alicyclic amines) is 1. The molecule has 1 rings (SSSR count). The monoisotopic (exact) mass is 487 g/mol. The standard InChI is InChI=1S/C24H45N3O7/c1-24(2,3)12-11-18(29)19(30)20(31)21(34-4)22(32)26-17-10-9-16(28)15-27(23(17)33)14-8-6-5-7-13-25/h11-12,16-21,28-31H,5-10,13-15,25H2,1-4H3,(H,26,32)/t16-,17+,18-,19+,20-,21-/m1/s1. The molecule has 0 aromatic rings. The van der Waals surface area contributed by atoms with E-state index in [1.165, 1.54) is 13.2 Å². The van der Waals surface area contributed by atoms with Crippen molar-refractivity contribution in [2.24, 2.45) is 11.1 Å². The van der Waals surface area contributed by atoms with Crippen LogP contribution in [-0.2, 0) is 14.3 Å². The maximum absolute atomic E-state index is 13.0. The Balaban J connectivity index is 2.80. The minimum absolute atomic E-state index is 0.198. The number of unbranched alkanes of at least 4 members (excludes halogenated alkanes) is 3. The van der Waals surface area contributed by atoms with Gasteiger partial charge in [0.2, 0.25) is 5.91 Å². The molecule has 0 radical (unpaired) electrons. The normalized spacial score (nSPS) is 23.4. The van der Waals surface area contributed by atoms with Crippen LogP contribution in [0.4, 0.5) is 0 Å². The van der Waals surface area contributed by atoms with E-state index in [-0.39, 0.29) is 24.3 Å². The van der Waals surface area contributed by atoms with Gasteiger partial charge < -0.3 is 41.1 Å². The highest BCUT2D eigenvalue weighted by Gasteiger charge is 2.38. The first-order chi connectivity index (χ1) is 15.9. The number of allylic oxidation sites excluding steroid dienone is 1. The molecule has 1 saturated heterocycles. The van der Waals surface area contributed by atoms with Gasteiger partial charge >= 0.3 is 0 Å². The minimum atomic E-state index is -1.73. The molecule has 0 aromatic heterocycles. The van der Waals surface area contributed by atoms with Crippen molar-refractivity contribution in [1.29, 1.82) is 0 Å². The molecule has 10 nitrogen and oxygen atoms in total. The maximum atomic E-state index is 13.0. The van der Waals surface area contributed by atoms with Crippen molar-refractivity contribution in [2.45, 2.75) is 95.9 Å². The van der Waals surface area contributed by atoms with Crippen LogP contribution in [0.3, 0.4) is 0 Å². The number of ether oxygens (including phenoxy) is 1. The maximum Gasteiger partial charge on any atom is 0.252 e. The third-order valence-electron chi connectivity index (χ3n) is 5.84. The first kappa shape index (κ1) is 30.5. The van der Waals surface area contributed by atoms with Crippen LogP contribution in [-0.4, -0.2) is 100 Å². The van der Waals surface area contributed by atoms with E-state index in [4.69, 9.17) is 10.5 Å². The van der Waals surface area contributed by atoms with Crippen molar-refractivity contribution >= 4 is 11.8 Å². The average molecular weight is 488 g/mol. The summed E-state index contributed by atoms with van der Waals surface area (Å²) >= 11 is 0. The zero-order valence-corrected chi connectivity index (χ0v) is 21.0. The molecule has 0 saturated carbocycles. The first-order valence-electron chi connectivity index (χ1n) is 12.1. The average Bonchev–Trinajstić information content (AvgIpc) is 2.90. The lowest BCUT2D eigenvalue weighted by Crippen LogP contribution is -2.56. The van der Waals surface area contributed by atoms with Gasteiger partial charge in [0.05, 0.1) is 6.10 Å². The van der Waals surface area contributed by atoms with E-state index in [9.17, 15) is 30.0 Å². The summed E-state index contributed by atoms with van der Waals surface area (Å²) in [6.07, 6.45) is 0.182. The highest BCUT2D eigenvalue weighted by Crippen LogP contribution is 2.18. The van der Waals surface area contributed by atoms with E-state index < -0.39 is 42.5 Å². The van der Waals surface area contributed by atoms with Gasteiger partial charge in [0.1, 0.15) is 24.4 Å². The molecule has 198 valence electrons. The summed E-state index contributed by atoms with van der Waals surface area (Å²) in [4.78, 5) is 27.4. The number of amides is 2. The van der Waals surface area contributed by atoms with E-state index >= 15 is 0 Å². The van der Waals surface area contributed by atoms with Crippen molar-refractivity contribution in [1.82, 2.24) is 10.2 Å². The summed E-state index contributed by atoms with van der Waals surface area (Å²) < 4.78 is 5.11. The van der Waals surface area contributed by atoms with Crippen molar-refractivity contribution in [3.8, 4) is 0 Å². The van der Waals surface area contributed by atoms with Gasteiger partial charge in [-0.25, -0.2) is 0 Å². The molecule has 10 heteroatoms. The second-order valence-corrected chi connectivity index (χ2v) is 10.1. The Morgan fingerprint density at radius 3 is 2.41 bits per heavy atom. The van der Waals surface area contributed by atoms with E-state index in [1.807, 2.05) is 20.8 Å². The third-order valence-corrected chi connectivity index (χ3v) is 5.84. The van der Waals surface area contributed by atoms with Crippen molar-refractivity contribution in [3.05, 3.63) is 12.2 Å². The molecule has 1 fully saturated rings. The van der Waals surface area contributed by atoms with Gasteiger partial charge in [-0.3, -0.25) is 9.59 Å². The fourth-order valence-corrected chi connectivity index (χ4v) is 3.81. The highest BCUT2D eigenvalue weighted by molar-refractivity contribution is 5.90. The highest BCUT2D eigenvalue weighted by atomic mass is 16.5. The Hall–Kier alpha value is -1.56. The van der Waals surface area contributed by atoms with E-state index in [2.05, 4.69) is 5.32 Å². The molecule has 0 unspecified atom stereocenters. The number of carbonyl (C=O) groups is 2. The third kappa shape index (κ3) is 10.4. The summed E-state index contributed by atoms with van der Waals surface area (Å²) in [7, 11) is 1.20. The molecule has 1 heterocycles. The van der Waals surface area contributed by atoms with Crippen LogP contribution in [0.5, 0.6) is 0 Å². The number of aliphatic hydroxyl groups excluding tert-OH is 4. The van der Waals surface area contributed by atoms with Crippen molar-refractivity contribution in [3.63, 3.8) is 0 Å². The van der Waals surface area contributed by atoms with Crippen molar-refractivity contribution < 1.29 is 34.8 Å². The fraction of sp³-hybridized carbons (Fsp3) is 0.833. The van der Waals surface area contributed by atoms with Crippen LogP contribution >= 0.6 is 0 Å². The molecular formula is C24H45N3O7. The van der Waals surface area contributed by atoms with Crippen molar-refractivity contribution in [2.75, 3.05) is 26.7 Å². The van der Waals surface area contributed by atoms with Gasteiger partial charge in [-0.2, -0.15) is 0 Å². The largest absolute Gasteiger partial charge is 0.391 e. The van der Waals surface area contributed by atoms with E-state index in [1.54, 1.807) is 11.0 Å². The zero-order chi connectivity index (χ0) is 25.9. The van der Waals surface area contributed by atoms with Gasteiger partial charge in [0.15, 0.2) is 6.10 Å². The summed E-state index contributed by atoms with van der Waals surface area (Å²) in [6, 6.07) is -0.888. The fourth-order valence-electron chi connectivity index (χ4n) is 3.81. The Morgan fingerprint density at radius 1 is 1.18 bits per heavy atom. The Bertz CT molecular complexity index is 653. The summed E-state index contributed by atoms with van der Waals surface area (Å²) in [6.45, 7) is 7.02. The van der Waals surface area contributed by atoms with Gasteiger partial charge in [-0.05, 0) is 37.6 Å². The van der Waals surface area contributed by atoms with Gasteiger partial charge in [-0.15, -0.1) is 0 Å². The smallest absolute Gasteiger partial charge is 0.252 e. The Kier molecular flexibility index (Phi) is 13.2. The van der Waals surface area contributed by atoms with Crippen LogP contribution in [0.25, 0.3) is 0 Å². The number of β-amino-alcohol motifs (C(OH)–C–C–N with tert-alkyl or cyclic N) is 1. The zero-order valence-electron chi connectivity index (χ0n) is 21.0. The summed E-state index contributed by atoms with van der Waals surface area (Å²) in [5.74, 6) is -1.08. The number of nitrogens with zero attached hydrogens (tertiary/aromatic N) is 1. The van der Waals surface area contributed by atoms with E-state index in [0.717, 1.165) is 25.7 Å². The predicted octanol–water partition coefficient (Wildman–Crippen LogP) is -0.326. The minimum Gasteiger partial charge on any atom is -0.391 e. The molecule has 7 N–H and O–H groups in total. The number of carbonyl (C=O) groups excluding carboxylic acids is 2. The van der Waals surface area contributed by atoms with Gasteiger partial charge in [0.25, 0.3) is 5.91 Å². The van der Waals surface area contributed by atoms with Crippen LogP contribution in [0.1, 0.15) is 59.3 Å². The molecule has 1 aliphatic heterocycles. The molecule has 34 heavy (non-hydrogen) atoms. The molecule has 6 atom stereocenters. The number of hydrogen-bond acceptors (Lipinski definition) is 8. The van der Waals surface area contributed by atoms with E-state index in [0.29, 0.717) is 19.5 Å². The van der Waals surface area contributed by atoms with Gasteiger partial charge in [0, 0.05) is 20.2 Å². The Labute approximate surface area is 203 Å². The molecule has 0 aliphatic carbocycles. The van der Waals surface area contributed by atoms with Gasteiger partial charge in [-0.1, -0.05) is 45.8 Å².